The maximum absolute atomic E-state index is 12.9. The van der Waals surface area contributed by atoms with Crippen molar-refractivity contribution in [1.29, 1.82) is 0 Å². The number of phenolic OH excluding ortho intramolecular Hbond substituents is 1. The fourth-order valence-corrected chi connectivity index (χ4v) is 2.33. The third kappa shape index (κ3) is 7.12. The minimum absolute atomic E-state index is 0. The number of halogens is 2. The van der Waals surface area contributed by atoms with E-state index in [-0.39, 0.29) is 35.5 Å². The van der Waals surface area contributed by atoms with Crippen molar-refractivity contribution in [2.45, 2.75) is 6.54 Å². The average Bonchev–Trinajstić information content (AvgIpc) is 2.65. The number of ether oxygens (including phenoxy) is 2. The molecule has 0 unspecified atom stereocenters. The highest BCUT2D eigenvalue weighted by molar-refractivity contribution is 14.0. The minimum atomic E-state index is -0.292. The minimum Gasteiger partial charge on any atom is -0.508 e. The Labute approximate surface area is 176 Å². The Morgan fingerprint density at radius 3 is 2.48 bits per heavy atom. The van der Waals surface area contributed by atoms with E-state index in [0.29, 0.717) is 42.7 Å². The number of rotatable bonds is 7. The first-order valence-corrected chi connectivity index (χ1v) is 8.19. The molecule has 148 valence electrons. The molecule has 0 radical (unpaired) electrons. The molecule has 0 bridgehead atoms. The van der Waals surface area contributed by atoms with Crippen molar-refractivity contribution in [1.82, 2.24) is 10.2 Å². The molecule has 0 aliphatic heterocycles. The summed E-state index contributed by atoms with van der Waals surface area (Å²) >= 11 is 0. The van der Waals surface area contributed by atoms with Gasteiger partial charge in [0.05, 0.1) is 13.7 Å². The van der Waals surface area contributed by atoms with E-state index in [4.69, 9.17) is 9.47 Å². The predicted octanol–water partition coefficient (Wildman–Crippen LogP) is 3.24. The highest BCUT2D eigenvalue weighted by atomic mass is 127. The second kappa shape index (κ2) is 11.5. The van der Waals surface area contributed by atoms with Crippen LogP contribution in [0.1, 0.15) is 5.56 Å². The largest absolute Gasteiger partial charge is 0.508 e. The molecule has 2 aromatic carbocycles. The van der Waals surface area contributed by atoms with Crippen LogP contribution in [0.25, 0.3) is 0 Å². The molecule has 0 aliphatic rings. The molecule has 0 saturated heterocycles. The maximum Gasteiger partial charge on any atom is 0.193 e. The van der Waals surface area contributed by atoms with Crippen LogP contribution >= 0.6 is 24.0 Å². The summed E-state index contributed by atoms with van der Waals surface area (Å²) in [5, 5.41) is 13.1. The third-order valence-corrected chi connectivity index (χ3v) is 3.81. The third-order valence-electron chi connectivity index (χ3n) is 3.81. The van der Waals surface area contributed by atoms with E-state index < -0.39 is 0 Å². The van der Waals surface area contributed by atoms with Gasteiger partial charge in [0.15, 0.2) is 5.96 Å². The van der Waals surface area contributed by atoms with Gasteiger partial charge in [0.2, 0.25) is 0 Å². The Balaban J connectivity index is 0.00000364. The van der Waals surface area contributed by atoms with Gasteiger partial charge in [0.1, 0.15) is 29.7 Å². The van der Waals surface area contributed by atoms with Gasteiger partial charge in [-0.3, -0.25) is 4.99 Å². The standard InChI is InChI=1S/C19H24FN3O3.HI/c1-21-19(22-13-14-12-17(25-3)8-9-18(14)24)23(2)10-11-26-16-6-4-15(20)5-7-16;/h4-9,12,24H,10-11,13H2,1-3H3,(H,21,22);1H. The number of benzene rings is 2. The molecule has 8 heteroatoms. The highest BCUT2D eigenvalue weighted by Gasteiger charge is 2.09. The second-order valence-electron chi connectivity index (χ2n) is 5.62. The Morgan fingerprint density at radius 1 is 1.19 bits per heavy atom. The van der Waals surface area contributed by atoms with Crippen molar-refractivity contribution in [3.8, 4) is 17.2 Å². The van der Waals surface area contributed by atoms with Crippen molar-refractivity contribution in [2.24, 2.45) is 4.99 Å². The van der Waals surface area contributed by atoms with Gasteiger partial charge in [0.25, 0.3) is 0 Å². The lowest BCUT2D eigenvalue weighted by Gasteiger charge is -2.22. The number of methoxy groups -OCH3 is 1. The zero-order chi connectivity index (χ0) is 18.9. The van der Waals surface area contributed by atoms with E-state index in [2.05, 4.69) is 10.3 Å². The van der Waals surface area contributed by atoms with Gasteiger partial charge in [-0.05, 0) is 42.5 Å². The zero-order valence-corrected chi connectivity index (χ0v) is 17.9. The first-order valence-electron chi connectivity index (χ1n) is 8.19. The van der Waals surface area contributed by atoms with Crippen molar-refractivity contribution >= 4 is 29.9 Å². The van der Waals surface area contributed by atoms with Crippen LogP contribution in [0.3, 0.4) is 0 Å². The first kappa shape index (κ1) is 22.8. The number of nitrogens with one attached hydrogen (secondary N) is 1. The lowest BCUT2D eigenvalue weighted by atomic mass is 10.2. The zero-order valence-electron chi connectivity index (χ0n) is 15.6. The molecule has 0 heterocycles. The topological polar surface area (TPSA) is 66.3 Å². The molecular formula is C19H25FIN3O3. The summed E-state index contributed by atoms with van der Waals surface area (Å²) < 4.78 is 23.6. The van der Waals surface area contributed by atoms with Gasteiger partial charge in [-0.15, -0.1) is 24.0 Å². The number of guanidine groups is 1. The smallest absolute Gasteiger partial charge is 0.193 e. The molecule has 2 aromatic rings. The normalized spacial score (nSPS) is 10.7. The average molecular weight is 489 g/mol. The van der Waals surface area contributed by atoms with Crippen molar-refractivity contribution in [2.75, 3.05) is 34.4 Å². The van der Waals surface area contributed by atoms with Crippen LogP contribution in [-0.2, 0) is 6.54 Å². The Morgan fingerprint density at radius 2 is 1.85 bits per heavy atom. The van der Waals surface area contributed by atoms with E-state index in [1.165, 1.54) is 12.1 Å². The molecule has 27 heavy (non-hydrogen) atoms. The van der Waals surface area contributed by atoms with Crippen LogP contribution in [0.2, 0.25) is 0 Å². The molecule has 6 nitrogen and oxygen atoms in total. The summed E-state index contributed by atoms with van der Waals surface area (Å²) in [6.45, 7) is 1.41. The number of likely N-dealkylation sites (N-methyl/N-ethyl adjacent to an activating group) is 1. The second-order valence-corrected chi connectivity index (χ2v) is 5.62. The van der Waals surface area contributed by atoms with Crippen LogP contribution in [-0.4, -0.2) is 50.3 Å². The lowest BCUT2D eigenvalue weighted by Crippen LogP contribution is -2.40. The predicted molar refractivity (Wildman–Crippen MR) is 115 cm³/mol. The van der Waals surface area contributed by atoms with Crippen molar-refractivity contribution in [3.05, 3.63) is 53.8 Å². The van der Waals surface area contributed by atoms with Crippen LogP contribution in [0, 0.1) is 5.82 Å². The molecule has 0 spiro atoms. The molecule has 0 saturated carbocycles. The molecule has 2 N–H and O–H groups in total. The molecule has 0 aromatic heterocycles. The van der Waals surface area contributed by atoms with Gasteiger partial charge < -0.3 is 24.8 Å². The monoisotopic (exact) mass is 489 g/mol. The van der Waals surface area contributed by atoms with Crippen LogP contribution in [0.15, 0.2) is 47.5 Å². The van der Waals surface area contributed by atoms with Gasteiger partial charge in [-0.2, -0.15) is 0 Å². The SMILES string of the molecule is CN=C(NCc1cc(OC)ccc1O)N(C)CCOc1ccc(F)cc1.I. The van der Waals surface area contributed by atoms with Crippen molar-refractivity contribution in [3.63, 3.8) is 0 Å². The quantitative estimate of drug-likeness (QED) is 0.355. The summed E-state index contributed by atoms with van der Waals surface area (Å²) in [5.74, 6) is 1.85. The Kier molecular flexibility index (Phi) is 9.70. The summed E-state index contributed by atoms with van der Waals surface area (Å²) in [6.07, 6.45) is 0. The molecule has 2 rings (SSSR count). The lowest BCUT2D eigenvalue weighted by molar-refractivity contribution is 0.281. The van der Waals surface area contributed by atoms with Crippen LogP contribution in [0.5, 0.6) is 17.2 Å². The first-order chi connectivity index (χ1) is 12.5. The number of aliphatic imine (C=N–C) groups is 1. The van der Waals surface area contributed by atoms with Gasteiger partial charge in [0, 0.05) is 26.2 Å². The molecule has 0 fully saturated rings. The van der Waals surface area contributed by atoms with Crippen LogP contribution < -0.4 is 14.8 Å². The fourth-order valence-electron chi connectivity index (χ4n) is 2.33. The fraction of sp³-hybridized carbons (Fsp3) is 0.316. The maximum atomic E-state index is 12.9. The van der Waals surface area contributed by atoms with E-state index >= 15 is 0 Å². The Hall–Kier alpha value is -2.23. The van der Waals surface area contributed by atoms with E-state index in [1.54, 1.807) is 44.5 Å². The van der Waals surface area contributed by atoms with Crippen molar-refractivity contribution < 1.29 is 19.0 Å². The molecule has 0 aliphatic carbocycles. The summed E-state index contributed by atoms with van der Waals surface area (Å²) in [7, 11) is 5.15. The Bertz CT molecular complexity index is 741. The van der Waals surface area contributed by atoms with Gasteiger partial charge in [-0.1, -0.05) is 0 Å². The van der Waals surface area contributed by atoms with Gasteiger partial charge in [-0.25, -0.2) is 4.39 Å². The molecule has 0 amide bonds. The van der Waals surface area contributed by atoms with Crippen LogP contribution in [0.4, 0.5) is 4.39 Å². The van der Waals surface area contributed by atoms with E-state index in [1.807, 2.05) is 11.9 Å². The number of hydrogen-bond acceptors (Lipinski definition) is 4. The number of nitrogens with zero attached hydrogens (tertiary/aromatic N) is 2. The van der Waals surface area contributed by atoms with E-state index in [0.717, 1.165) is 0 Å². The van der Waals surface area contributed by atoms with E-state index in [9.17, 15) is 9.50 Å². The molecular weight excluding hydrogens is 464 g/mol. The highest BCUT2D eigenvalue weighted by Crippen LogP contribution is 2.22. The number of phenols is 1. The number of hydrogen-bond donors (Lipinski definition) is 2. The molecule has 0 atom stereocenters. The summed E-state index contributed by atoms with van der Waals surface area (Å²) in [6, 6.07) is 11.0. The summed E-state index contributed by atoms with van der Waals surface area (Å²) in [4.78, 5) is 6.13. The van der Waals surface area contributed by atoms with Gasteiger partial charge >= 0.3 is 0 Å². The summed E-state index contributed by atoms with van der Waals surface area (Å²) in [5.41, 5.74) is 0.710. The number of aromatic hydroxyl groups is 1.